The summed E-state index contributed by atoms with van der Waals surface area (Å²) in [6, 6.07) is 3.45. The van der Waals surface area contributed by atoms with Crippen molar-refractivity contribution in [3.63, 3.8) is 0 Å². The molecule has 192 valence electrons. The van der Waals surface area contributed by atoms with Gasteiger partial charge in [-0.15, -0.1) is 0 Å². The predicted octanol–water partition coefficient (Wildman–Crippen LogP) is -0.345. The predicted molar refractivity (Wildman–Crippen MR) is 136 cm³/mol. The van der Waals surface area contributed by atoms with Crippen molar-refractivity contribution in [2.45, 2.75) is 56.8 Å². The number of H-pyrrole nitrogens is 1. The van der Waals surface area contributed by atoms with E-state index in [1.165, 1.54) is 6.92 Å². The van der Waals surface area contributed by atoms with Gasteiger partial charge < -0.3 is 37.5 Å². The quantitative estimate of drug-likeness (QED) is 0.127. The molecule has 1 heterocycles. The van der Waals surface area contributed by atoms with Gasteiger partial charge in [-0.2, -0.15) is 12.6 Å². The Balaban J connectivity index is 2.25. The highest BCUT2D eigenvalue weighted by Crippen LogP contribution is 2.19. The minimum absolute atomic E-state index is 0.0878. The molecular formula is C23H34N6O5S. The summed E-state index contributed by atoms with van der Waals surface area (Å²) in [4.78, 5) is 52.8. The number of nitrogens with two attached hydrogens (primary N) is 2. The van der Waals surface area contributed by atoms with Gasteiger partial charge in [0.25, 0.3) is 0 Å². The molecule has 0 aliphatic rings. The van der Waals surface area contributed by atoms with Crippen molar-refractivity contribution < 1.29 is 24.3 Å². The molecule has 2 aromatic rings. The molecule has 0 fully saturated rings. The molecule has 0 bridgehead atoms. The molecule has 4 unspecified atom stereocenters. The molecule has 9 N–H and O–H groups in total. The summed E-state index contributed by atoms with van der Waals surface area (Å²) in [5.41, 5.74) is 13.0. The number of nitrogens with one attached hydrogen (secondary N) is 4. The lowest BCUT2D eigenvalue weighted by Crippen LogP contribution is -2.57. The van der Waals surface area contributed by atoms with Crippen molar-refractivity contribution in [1.82, 2.24) is 20.9 Å². The molecule has 0 radical (unpaired) electrons. The Morgan fingerprint density at radius 3 is 2.34 bits per heavy atom. The topological polar surface area (TPSA) is 192 Å². The third kappa shape index (κ3) is 8.26. The van der Waals surface area contributed by atoms with Crippen LogP contribution in [0, 0.1) is 0 Å². The standard InChI is InChI=1S/C23H34N6O5S/c1-13(23(33)34)27-21(31)18(8-4-5-9-24)28-22(32)19(29-20(30)16(25)12-35)10-14-11-26-17-7-3-2-6-15(14)17/h2-3,6-7,11,13,16,18-19,26,35H,4-5,8-10,12,24-25H2,1H3,(H,27,31)(H,28,32)(H,29,30)(H,33,34). The molecule has 0 saturated carbocycles. The molecule has 2 rings (SSSR count). The van der Waals surface area contributed by atoms with Crippen LogP contribution in [0.15, 0.2) is 30.5 Å². The third-order valence-electron chi connectivity index (χ3n) is 5.57. The van der Waals surface area contributed by atoms with Crippen molar-refractivity contribution in [2.24, 2.45) is 11.5 Å². The van der Waals surface area contributed by atoms with Crippen LogP contribution in [0.25, 0.3) is 10.9 Å². The number of aromatic nitrogens is 1. The van der Waals surface area contributed by atoms with E-state index in [-0.39, 0.29) is 18.6 Å². The summed E-state index contributed by atoms with van der Waals surface area (Å²) in [6.45, 7) is 1.74. The summed E-state index contributed by atoms with van der Waals surface area (Å²) in [6.07, 6.45) is 3.32. The monoisotopic (exact) mass is 506 g/mol. The SMILES string of the molecule is CC(NC(=O)C(CCCCN)NC(=O)C(Cc1c[nH]c2ccccc12)NC(=O)C(N)CS)C(=O)O. The number of carbonyl (C=O) groups excluding carboxylic acids is 3. The maximum Gasteiger partial charge on any atom is 0.325 e. The number of benzene rings is 1. The number of unbranched alkanes of at least 4 members (excludes halogenated alkanes) is 1. The minimum Gasteiger partial charge on any atom is -0.480 e. The molecular weight excluding hydrogens is 472 g/mol. The van der Waals surface area contributed by atoms with E-state index in [0.717, 1.165) is 16.5 Å². The second-order valence-electron chi connectivity index (χ2n) is 8.33. The van der Waals surface area contributed by atoms with Gasteiger partial charge in [-0.3, -0.25) is 19.2 Å². The van der Waals surface area contributed by atoms with Crippen LogP contribution in [0.4, 0.5) is 0 Å². The molecule has 0 saturated heterocycles. The van der Waals surface area contributed by atoms with Crippen molar-refractivity contribution in [3.05, 3.63) is 36.0 Å². The normalized spacial score (nSPS) is 14.5. The lowest BCUT2D eigenvalue weighted by atomic mass is 10.0. The second kappa shape index (κ2) is 13.7. The van der Waals surface area contributed by atoms with E-state index in [1.54, 1.807) is 6.20 Å². The first-order valence-corrected chi connectivity index (χ1v) is 12.1. The van der Waals surface area contributed by atoms with E-state index in [1.807, 2.05) is 24.3 Å². The number of thiol groups is 1. The summed E-state index contributed by atoms with van der Waals surface area (Å²) in [5, 5.41) is 17.7. The van der Waals surface area contributed by atoms with Gasteiger partial charge in [0.05, 0.1) is 6.04 Å². The summed E-state index contributed by atoms with van der Waals surface area (Å²) in [5.74, 6) is -2.88. The van der Waals surface area contributed by atoms with E-state index in [2.05, 4.69) is 33.6 Å². The van der Waals surface area contributed by atoms with Crippen LogP contribution in [-0.4, -0.2) is 70.2 Å². The molecule has 4 atom stereocenters. The van der Waals surface area contributed by atoms with Gasteiger partial charge in [-0.25, -0.2) is 0 Å². The maximum absolute atomic E-state index is 13.3. The minimum atomic E-state index is -1.20. The first-order chi connectivity index (χ1) is 16.7. The first-order valence-electron chi connectivity index (χ1n) is 11.4. The van der Waals surface area contributed by atoms with Crippen molar-refractivity contribution in [1.29, 1.82) is 0 Å². The fourth-order valence-electron chi connectivity index (χ4n) is 3.50. The summed E-state index contributed by atoms with van der Waals surface area (Å²) >= 11 is 4.04. The molecule has 1 aromatic carbocycles. The Morgan fingerprint density at radius 1 is 1.03 bits per heavy atom. The zero-order valence-electron chi connectivity index (χ0n) is 19.6. The van der Waals surface area contributed by atoms with Crippen molar-refractivity contribution >= 4 is 47.2 Å². The molecule has 3 amide bonds. The number of carboxylic acid groups (broad SMARTS) is 1. The van der Waals surface area contributed by atoms with E-state index < -0.39 is 47.9 Å². The Kier molecular flexibility index (Phi) is 11.0. The van der Waals surface area contributed by atoms with Crippen LogP contribution < -0.4 is 27.4 Å². The summed E-state index contributed by atoms with van der Waals surface area (Å²) < 4.78 is 0. The highest BCUT2D eigenvalue weighted by Gasteiger charge is 2.29. The number of rotatable bonds is 14. The maximum atomic E-state index is 13.3. The fourth-order valence-corrected chi connectivity index (χ4v) is 3.67. The number of fused-ring (bicyclic) bond motifs is 1. The Bertz CT molecular complexity index is 1030. The average Bonchev–Trinajstić information content (AvgIpc) is 3.24. The van der Waals surface area contributed by atoms with Crippen LogP contribution in [0.3, 0.4) is 0 Å². The Hall–Kier alpha value is -3.09. The van der Waals surface area contributed by atoms with Crippen LogP contribution >= 0.6 is 12.6 Å². The van der Waals surface area contributed by atoms with E-state index in [9.17, 15) is 19.2 Å². The van der Waals surface area contributed by atoms with Crippen LogP contribution in [0.1, 0.15) is 31.7 Å². The van der Waals surface area contributed by atoms with E-state index in [4.69, 9.17) is 16.6 Å². The lowest BCUT2D eigenvalue weighted by Gasteiger charge is -2.24. The van der Waals surface area contributed by atoms with Gasteiger partial charge in [0.1, 0.15) is 18.1 Å². The fraction of sp³-hybridized carbons (Fsp3) is 0.478. The van der Waals surface area contributed by atoms with Gasteiger partial charge in [-0.1, -0.05) is 18.2 Å². The first kappa shape index (κ1) is 28.1. The van der Waals surface area contributed by atoms with Gasteiger partial charge in [-0.05, 0) is 44.4 Å². The molecule has 11 nitrogen and oxygen atoms in total. The van der Waals surface area contributed by atoms with Gasteiger partial charge >= 0.3 is 5.97 Å². The molecule has 0 aliphatic heterocycles. The number of amides is 3. The number of aromatic amines is 1. The lowest BCUT2D eigenvalue weighted by molar-refractivity contribution is -0.141. The van der Waals surface area contributed by atoms with Crippen LogP contribution in [0.5, 0.6) is 0 Å². The van der Waals surface area contributed by atoms with Gasteiger partial charge in [0.2, 0.25) is 17.7 Å². The largest absolute Gasteiger partial charge is 0.480 e. The highest BCUT2D eigenvalue weighted by molar-refractivity contribution is 7.80. The molecule has 0 aliphatic carbocycles. The average molecular weight is 507 g/mol. The summed E-state index contributed by atoms with van der Waals surface area (Å²) in [7, 11) is 0. The number of para-hydroxylation sites is 1. The van der Waals surface area contributed by atoms with Crippen LogP contribution in [-0.2, 0) is 25.6 Å². The highest BCUT2D eigenvalue weighted by atomic mass is 32.1. The number of hydrogen-bond acceptors (Lipinski definition) is 7. The van der Waals surface area contributed by atoms with Gasteiger partial charge in [0.15, 0.2) is 0 Å². The van der Waals surface area contributed by atoms with Crippen molar-refractivity contribution in [3.8, 4) is 0 Å². The zero-order valence-corrected chi connectivity index (χ0v) is 20.5. The smallest absolute Gasteiger partial charge is 0.325 e. The molecule has 0 spiro atoms. The van der Waals surface area contributed by atoms with Gasteiger partial charge in [0, 0.05) is 29.3 Å². The molecule has 35 heavy (non-hydrogen) atoms. The Labute approximate surface area is 209 Å². The van der Waals surface area contributed by atoms with E-state index >= 15 is 0 Å². The molecule has 1 aromatic heterocycles. The zero-order chi connectivity index (χ0) is 26.0. The Morgan fingerprint density at radius 2 is 1.69 bits per heavy atom. The van der Waals surface area contributed by atoms with Crippen LogP contribution in [0.2, 0.25) is 0 Å². The second-order valence-corrected chi connectivity index (χ2v) is 8.69. The third-order valence-corrected chi connectivity index (χ3v) is 5.97. The van der Waals surface area contributed by atoms with E-state index in [0.29, 0.717) is 19.4 Å². The number of carbonyl (C=O) groups is 4. The van der Waals surface area contributed by atoms with Crippen molar-refractivity contribution in [2.75, 3.05) is 12.3 Å². The number of carboxylic acids is 1. The number of aliphatic carboxylic acids is 1. The molecule has 12 heteroatoms. The number of hydrogen-bond donors (Lipinski definition) is 8.